The highest BCUT2D eigenvalue weighted by molar-refractivity contribution is 5.96. The Morgan fingerprint density at radius 1 is 1.23 bits per heavy atom. The summed E-state index contributed by atoms with van der Waals surface area (Å²) in [6.07, 6.45) is 1.29. The Morgan fingerprint density at radius 2 is 1.97 bits per heavy atom. The number of carbonyl (C=O) groups excluding carboxylic acids is 4. The monoisotopic (exact) mass is 417 g/mol. The Hall–Kier alpha value is -3.14. The van der Waals surface area contributed by atoms with Crippen molar-refractivity contribution >= 4 is 23.6 Å². The second kappa shape index (κ2) is 9.57. The van der Waals surface area contributed by atoms with E-state index >= 15 is 0 Å². The highest BCUT2D eigenvalue weighted by atomic mass is 16.5. The van der Waals surface area contributed by atoms with Crippen molar-refractivity contribution in [3.8, 4) is 5.75 Å². The lowest BCUT2D eigenvalue weighted by molar-refractivity contribution is -0.143. The minimum absolute atomic E-state index is 0.0246. The summed E-state index contributed by atoms with van der Waals surface area (Å²) in [6.45, 7) is 0.838. The van der Waals surface area contributed by atoms with E-state index in [4.69, 9.17) is 10.5 Å². The van der Waals surface area contributed by atoms with Gasteiger partial charge in [-0.25, -0.2) is 0 Å². The molecular formula is C20H27N5O5. The summed E-state index contributed by atoms with van der Waals surface area (Å²) < 4.78 is 5.11. The van der Waals surface area contributed by atoms with E-state index in [1.165, 1.54) is 9.80 Å². The number of hydrogen-bond donors (Lipinski definition) is 3. The van der Waals surface area contributed by atoms with Crippen LogP contribution in [0.2, 0.25) is 0 Å². The van der Waals surface area contributed by atoms with Gasteiger partial charge in [-0.1, -0.05) is 0 Å². The SMILES string of the molecule is COc1ccc(C(=O)N2CCN(C(=O)CN)[C@@H](C(=O)N[C@H]3CCCNC3=O)C2)cc1. The van der Waals surface area contributed by atoms with E-state index in [1.54, 1.807) is 31.4 Å². The van der Waals surface area contributed by atoms with E-state index < -0.39 is 18.0 Å². The van der Waals surface area contributed by atoms with Crippen LogP contribution in [-0.2, 0) is 14.4 Å². The third-order valence-corrected chi connectivity index (χ3v) is 5.40. The molecule has 2 aliphatic rings. The fraction of sp³-hybridized carbons (Fsp3) is 0.500. The Morgan fingerprint density at radius 3 is 2.60 bits per heavy atom. The lowest BCUT2D eigenvalue weighted by Crippen LogP contribution is -2.64. The number of nitrogens with two attached hydrogens (primary N) is 1. The van der Waals surface area contributed by atoms with Crippen molar-refractivity contribution in [2.24, 2.45) is 5.73 Å². The molecule has 4 N–H and O–H groups in total. The summed E-state index contributed by atoms with van der Waals surface area (Å²) in [6, 6.07) is 5.13. The molecule has 2 saturated heterocycles. The number of amides is 4. The fourth-order valence-electron chi connectivity index (χ4n) is 3.70. The molecule has 1 aromatic carbocycles. The lowest BCUT2D eigenvalue weighted by atomic mass is 10.0. The lowest BCUT2D eigenvalue weighted by Gasteiger charge is -2.41. The maximum atomic E-state index is 13.0. The molecule has 2 atom stereocenters. The predicted octanol–water partition coefficient (Wildman–Crippen LogP) is -1.30. The third kappa shape index (κ3) is 4.70. The topological polar surface area (TPSA) is 134 Å². The van der Waals surface area contributed by atoms with Crippen molar-refractivity contribution in [1.82, 2.24) is 20.4 Å². The van der Waals surface area contributed by atoms with Gasteiger partial charge in [-0.3, -0.25) is 19.2 Å². The van der Waals surface area contributed by atoms with Crippen molar-refractivity contribution in [2.75, 3.05) is 39.8 Å². The molecule has 0 radical (unpaired) electrons. The molecule has 0 aliphatic carbocycles. The summed E-state index contributed by atoms with van der Waals surface area (Å²) in [5.74, 6) is -0.696. The average molecular weight is 417 g/mol. The molecule has 2 fully saturated rings. The van der Waals surface area contributed by atoms with Crippen LogP contribution in [0, 0.1) is 0 Å². The zero-order valence-corrected chi connectivity index (χ0v) is 16.9. The minimum Gasteiger partial charge on any atom is -0.497 e. The Balaban J connectivity index is 1.74. The fourth-order valence-corrected chi connectivity index (χ4v) is 3.70. The van der Waals surface area contributed by atoms with Gasteiger partial charge in [0.1, 0.15) is 17.8 Å². The number of nitrogens with one attached hydrogen (secondary N) is 2. The predicted molar refractivity (Wildman–Crippen MR) is 108 cm³/mol. The summed E-state index contributed by atoms with van der Waals surface area (Å²) in [5, 5.41) is 5.44. The van der Waals surface area contributed by atoms with Gasteiger partial charge >= 0.3 is 0 Å². The number of carbonyl (C=O) groups is 4. The van der Waals surface area contributed by atoms with Crippen LogP contribution in [-0.4, -0.2) is 85.3 Å². The van der Waals surface area contributed by atoms with Crippen LogP contribution >= 0.6 is 0 Å². The van der Waals surface area contributed by atoms with E-state index in [1.807, 2.05) is 0 Å². The number of piperidine rings is 1. The van der Waals surface area contributed by atoms with Gasteiger partial charge in [-0.15, -0.1) is 0 Å². The number of piperazine rings is 1. The van der Waals surface area contributed by atoms with Crippen molar-refractivity contribution in [2.45, 2.75) is 24.9 Å². The van der Waals surface area contributed by atoms with Gasteiger partial charge < -0.3 is 30.9 Å². The summed E-state index contributed by atoms with van der Waals surface area (Å²) in [7, 11) is 1.54. The molecule has 162 valence electrons. The van der Waals surface area contributed by atoms with Gasteiger partial charge in [-0.05, 0) is 37.1 Å². The van der Waals surface area contributed by atoms with Crippen LogP contribution < -0.4 is 21.1 Å². The van der Waals surface area contributed by atoms with Crippen molar-refractivity contribution in [3.05, 3.63) is 29.8 Å². The highest BCUT2D eigenvalue weighted by Crippen LogP contribution is 2.17. The third-order valence-electron chi connectivity index (χ3n) is 5.40. The largest absolute Gasteiger partial charge is 0.497 e. The van der Waals surface area contributed by atoms with Gasteiger partial charge in [0, 0.05) is 25.2 Å². The van der Waals surface area contributed by atoms with Crippen LogP contribution in [0.3, 0.4) is 0 Å². The molecule has 0 saturated carbocycles. The van der Waals surface area contributed by atoms with Gasteiger partial charge in [0.25, 0.3) is 5.91 Å². The molecule has 2 aliphatic heterocycles. The van der Waals surface area contributed by atoms with Crippen LogP contribution in [0.4, 0.5) is 0 Å². The summed E-state index contributed by atoms with van der Waals surface area (Å²) in [5.41, 5.74) is 5.96. The van der Waals surface area contributed by atoms with Gasteiger partial charge in [0.15, 0.2) is 0 Å². The number of rotatable bonds is 5. The molecule has 10 nitrogen and oxygen atoms in total. The highest BCUT2D eigenvalue weighted by Gasteiger charge is 2.38. The molecule has 2 heterocycles. The Labute approximate surface area is 174 Å². The number of benzene rings is 1. The van der Waals surface area contributed by atoms with E-state index in [2.05, 4.69) is 10.6 Å². The second-order valence-electron chi connectivity index (χ2n) is 7.28. The van der Waals surface area contributed by atoms with E-state index in [0.29, 0.717) is 24.3 Å². The van der Waals surface area contributed by atoms with E-state index in [9.17, 15) is 19.2 Å². The number of methoxy groups -OCH3 is 1. The quantitative estimate of drug-likeness (QED) is 0.545. The maximum Gasteiger partial charge on any atom is 0.254 e. The van der Waals surface area contributed by atoms with E-state index in [0.717, 1.165) is 6.42 Å². The number of hydrogen-bond acceptors (Lipinski definition) is 6. The molecule has 0 aromatic heterocycles. The summed E-state index contributed by atoms with van der Waals surface area (Å²) >= 11 is 0. The van der Waals surface area contributed by atoms with Gasteiger partial charge in [0.2, 0.25) is 17.7 Å². The first kappa shape index (κ1) is 21.6. The zero-order valence-electron chi connectivity index (χ0n) is 16.9. The molecule has 3 rings (SSSR count). The van der Waals surface area contributed by atoms with Gasteiger partial charge in [-0.2, -0.15) is 0 Å². The minimum atomic E-state index is -0.910. The molecule has 1 aromatic rings. The smallest absolute Gasteiger partial charge is 0.254 e. The molecule has 0 spiro atoms. The van der Waals surface area contributed by atoms with Crippen molar-refractivity contribution < 1.29 is 23.9 Å². The molecule has 10 heteroatoms. The molecular weight excluding hydrogens is 390 g/mol. The van der Waals surface area contributed by atoms with Crippen LogP contribution in [0.25, 0.3) is 0 Å². The Kier molecular flexibility index (Phi) is 6.88. The van der Waals surface area contributed by atoms with Crippen molar-refractivity contribution in [1.29, 1.82) is 0 Å². The van der Waals surface area contributed by atoms with Gasteiger partial charge in [0.05, 0.1) is 20.2 Å². The Bertz CT molecular complexity index is 812. The molecule has 0 bridgehead atoms. The first-order valence-corrected chi connectivity index (χ1v) is 9.95. The molecule has 0 unspecified atom stereocenters. The standard InChI is InChI=1S/C20H27N5O5/c1-30-14-6-4-13(5-7-14)20(29)24-9-10-25(17(26)11-21)16(12-24)19(28)23-15-3-2-8-22-18(15)27/h4-7,15-16H,2-3,8-12,21H2,1H3,(H,22,27)(H,23,28)/t15-,16+/m0/s1. The van der Waals surface area contributed by atoms with Crippen LogP contribution in [0.15, 0.2) is 24.3 Å². The number of nitrogens with zero attached hydrogens (tertiary/aromatic N) is 2. The van der Waals surface area contributed by atoms with Crippen LogP contribution in [0.5, 0.6) is 5.75 Å². The first-order chi connectivity index (χ1) is 14.4. The first-order valence-electron chi connectivity index (χ1n) is 9.95. The second-order valence-corrected chi connectivity index (χ2v) is 7.28. The zero-order chi connectivity index (χ0) is 21.7. The average Bonchev–Trinajstić information content (AvgIpc) is 2.79. The van der Waals surface area contributed by atoms with Crippen LogP contribution in [0.1, 0.15) is 23.2 Å². The summed E-state index contributed by atoms with van der Waals surface area (Å²) in [4.78, 5) is 53.1. The van der Waals surface area contributed by atoms with E-state index in [-0.39, 0.29) is 43.9 Å². The normalized spacial score (nSPS) is 21.6. The van der Waals surface area contributed by atoms with Crippen molar-refractivity contribution in [3.63, 3.8) is 0 Å². The molecule has 4 amide bonds. The maximum absolute atomic E-state index is 13.0. The number of ether oxygens (including phenoxy) is 1. The molecule has 30 heavy (non-hydrogen) atoms.